The zero-order chi connectivity index (χ0) is 13.4. The molecular weight excluding hydrogens is 318 g/mol. The molecule has 0 aliphatic carbocycles. The molecule has 1 aromatic heterocycles. The minimum absolute atomic E-state index is 0.0190. The fourth-order valence-corrected chi connectivity index (χ4v) is 2.93. The quantitative estimate of drug-likeness (QED) is 0.780. The van der Waals surface area contributed by atoms with Crippen LogP contribution < -0.4 is 5.32 Å². The number of aryl methyl sites for hydroxylation is 1. The van der Waals surface area contributed by atoms with Gasteiger partial charge in [0.05, 0.1) is 17.3 Å². The van der Waals surface area contributed by atoms with Crippen LogP contribution in [-0.4, -0.2) is 25.5 Å². The van der Waals surface area contributed by atoms with Crippen LogP contribution in [0.4, 0.5) is 0 Å². The van der Waals surface area contributed by atoms with E-state index in [1.807, 2.05) is 6.07 Å². The van der Waals surface area contributed by atoms with E-state index in [9.17, 15) is 9.59 Å². The number of nitrogens with one attached hydrogen (secondary N) is 1. The Morgan fingerprint density at radius 2 is 2.17 bits per heavy atom. The van der Waals surface area contributed by atoms with Crippen LogP contribution in [0.1, 0.15) is 24.1 Å². The number of amides is 1. The van der Waals surface area contributed by atoms with Crippen LogP contribution in [0, 0.1) is 0 Å². The highest BCUT2D eigenvalue weighted by Gasteiger charge is 2.04. The number of carbonyl (C=O) groups is 2. The minimum atomic E-state index is -0.307. The zero-order valence-corrected chi connectivity index (χ0v) is 12.6. The number of ether oxygens (including phenoxy) is 1. The monoisotopic (exact) mass is 333 g/mol. The van der Waals surface area contributed by atoms with Crippen molar-refractivity contribution < 1.29 is 14.3 Å². The van der Waals surface area contributed by atoms with Gasteiger partial charge in [-0.05, 0) is 40.9 Å². The molecule has 0 atom stereocenters. The third kappa shape index (κ3) is 6.16. The Morgan fingerprint density at radius 1 is 1.39 bits per heavy atom. The molecule has 6 heteroatoms. The van der Waals surface area contributed by atoms with E-state index < -0.39 is 0 Å². The summed E-state index contributed by atoms with van der Waals surface area (Å²) in [6, 6.07) is 4.07. The predicted molar refractivity (Wildman–Crippen MR) is 74.6 cm³/mol. The van der Waals surface area contributed by atoms with Crippen LogP contribution in [0.2, 0.25) is 0 Å². The van der Waals surface area contributed by atoms with Gasteiger partial charge in [0.25, 0.3) is 0 Å². The molecule has 1 heterocycles. The van der Waals surface area contributed by atoms with Crippen molar-refractivity contribution in [2.24, 2.45) is 0 Å². The lowest BCUT2D eigenvalue weighted by molar-refractivity contribution is -0.140. The van der Waals surface area contributed by atoms with Crippen molar-refractivity contribution in [3.8, 4) is 0 Å². The predicted octanol–water partition coefficient (Wildman–Crippen LogP) is 2.51. The molecule has 1 rings (SSSR count). The Labute approximate surface area is 119 Å². The second-order valence-corrected chi connectivity index (χ2v) is 6.28. The van der Waals surface area contributed by atoms with Gasteiger partial charge in [0.1, 0.15) is 0 Å². The van der Waals surface area contributed by atoms with E-state index in [0.29, 0.717) is 13.0 Å². The molecule has 0 aliphatic rings. The first-order valence-corrected chi connectivity index (χ1v) is 7.30. The van der Waals surface area contributed by atoms with Crippen molar-refractivity contribution >= 4 is 39.1 Å². The number of halogens is 1. The third-order valence-corrected chi connectivity index (χ3v) is 4.02. The highest BCUT2D eigenvalue weighted by atomic mass is 79.9. The Kier molecular flexibility index (Phi) is 6.97. The number of methoxy groups -OCH3 is 1. The van der Waals surface area contributed by atoms with Gasteiger partial charge in [0.15, 0.2) is 0 Å². The number of carbonyl (C=O) groups excluding carboxylic acids is 2. The maximum atomic E-state index is 11.4. The lowest BCUT2D eigenvalue weighted by atomic mass is 10.2. The number of esters is 1. The Balaban J connectivity index is 2.08. The third-order valence-electron chi connectivity index (χ3n) is 2.33. The summed E-state index contributed by atoms with van der Waals surface area (Å²) < 4.78 is 5.59. The van der Waals surface area contributed by atoms with Gasteiger partial charge < -0.3 is 10.1 Å². The van der Waals surface area contributed by atoms with Gasteiger partial charge in [-0.1, -0.05) is 0 Å². The Bertz CT molecular complexity index is 406. The van der Waals surface area contributed by atoms with Gasteiger partial charge in [0, 0.05) is 17.8 Å². The molecule has 0 spiro atoms. The van der Waals surface area contributed by atoms with Gasteiger partial charge in [-0.25, -0.2) is 0 Å². The van der Waals surface area contributed by atoms with Gasteiger partial charge in [-0.2, -0.15) is 0 Å². The van der Waals surface area contributed by atoms with Gasteiger partial charge in [0.2, 0.25) is 5.91 Å². The lowest BCUT2D eigenvalue weighted by Crippen LogP contribution is -2.26. The summed E-state index contributed by atoms with van der Waals surface area (Å²) in [7, 11) is 1.34. The minimum Gasteiger partial charge on any atom is -0.469 e. The summed E-state index contributed by atoms with van der Waals surface area (Å²) in [6.07, 6.45) is 2.43. The van der Waals surface area contributed by atoms with Crippen LogP contribution >= 0.6 is 27.3 Å². The molecule has 1 aromatic rings. The standard InChI is InChI=1S/C12H16BrNO3S/c1-17-12(16)7-8-14-11(15)4-2-3-9-5-6-10(13)18-9/h5-6H,2-4,7-8H2,1H3,(H,14,15). The van der Waals surface area contributed by atoms with E-state index in [2.05, 4.69) is 32.0 Å². The summed E-state index contributed by atoms with van der Waals surface area (Å²) >= 11 is 5.09. The molecule has 0 saturated heterocycles. The van der Waals surface area contributed by atoms with Crippen molar-refractivity contribution in [3.05, 3.63) is 20.8 Å². The largest absolute Gasteiger partial charge is 0.469 e. The fourth-order valence-electron chi connectivity index (χ4n) is 1.40. The summed E-state index contributed by atoms with van der Waals surface area (Å²) in [5.74, 6) is -0.326. The van der Waals surface area contributed by atoms with Crippen LogP contribution in [0.25, 0.3) is 0 Å². The molecule has 18 heavy (non-hydrogen) atoms. The van der Waals surface area contributed by atoms with Crippen molar-refractivity contribution in [1.29, 1.82) is 0 Å². The lowest BCUT2D eigenvalue weighted by Gasteiger charge is -2.03. The first-order valence-electron chi connectivity index (χ1n) is 5.69. The number of hydrogen-bond acceptors (Lipinski definition) is 4. The van der Waals surface area contributed by atoms with Gasteiger partial charge in [-0.15, -0.1) is 11.3 Å². The Hall–Kier alpha value is -0.880. The summed E-state index contributed by atoms with van der Waals surface area (Å²) in [6.45, 7) is 0.343. The first-order chi connectivity index (χ1) is 8.61. The number of thiophene rings is 1. The molecular formula is C12H16BrNO3S. The van der Waals surface area contributed by atoms with E-state index in [1.54, 1.807) is 11.3 Å². The van der Waals surface area contributed by atoms with E-state index in [1.165, 1.54) is 12.0 Å². The SMILES string of the molecule is COC(=O)CCNC(=O)CCCc1ccc(Br)s1. The average Bonchev–Trinajstić information content (AvgIpc) is 2.75. The van der Waals surface area contributed by atoms with Crippen LogP contribution in [-0.2, 0) is 20.7 Å². The molecule has 0 bridgehead atoms. The van der Waals surface area contributed by atoms with Crippen molar-refractivity contribution in [2.45, 2.75) is 25.7 Å². The molecule has 4 nitrogen and oxygen atoms in total. The molecule has 1 N–H and O–H groups in total. The second kappa shape index (κ2) is 8.26. The molecule has 0 fully saturated rings. The maximum absolute atomic E-state index is 11.4. The summed E-state index contributed by atoms with van der Waals surface area (Å²) in [5, 5.41) is 2.69. The first kappa shape index (κ1) is 15.2. The summed E-state index contributed by atoms with van der Waals surface area (Å²) in [5.41, 5.74) is 0. The molecule has 0 unspecified atom stereocenters. The van der Waals surface area contributed by atoms with E-state index in [4.69, 9.17) is 0 Å². The van der Waals surface area contributed by atoms with E-state index >= 15 is 0 Å². The number of hydrogen-bond donors (Lipinski definition) is 1. The van der Waals surface area contributed by atoms with Gasteiger partial charge >= 0.3 is 5.97 Å². The average molecular weight is 334 g/mol. The summed E-state index contributed by atoms with van der Waals surface area (Å²) in [4.78, 5) is 23.5. The van der Waals surface area contributed by atoms with Crippen LogP contribution in [0.15, 0.2) is 15.9 Å². The second-order valence-electron chi connectivity index (χ2n) is 3.74. The molecule has 1 amide bonds. The Morgan fingerprint density at radius 3 is 2.78 bits per heavy atom. The van der Waals surface area contributed by atoms with Crippen LogP contribution in [0.5, 0.6) is 0 Å². The maximum Gasteiger partial charge on any atom is 0.307 e. The van der Waals surface area contributed by atoms with Crippen molar-refractivity contribution in [2.75, 3.05) is 13.7 Å². The zero-order valence-electron chi connectivity index (χ0n) is 10.2. The van der Waals surface area contributed by atoms with Crippen LogP contribution in [0.3, 0.4) is 0 Å². The topological polar surface area (TPSA) is 55.4 Å². The van der Waals surface area contributed by atoms with E-state index in [0.717, 1.165) is 16.6 Å². The molecule has 0 aromatic carbocycles. The molecule has 0 radical (unpaired) electrons. The highest BCUT2D eigenvalue weighted by Crippen LogP contribution is 2.23. The molecule has 100 valence electrons. The highest BCUT2D eigenvalue weighted by molar-refractivity contribution is 9.11. The van der Waals surface area contributed by atoms with E-state index in [-0.39, 0.29) is 18.3 Å². The van der Waals surface area contributed by atoms with Crippen molar-refractivity contribution in [1.82, 2.24) is 5.32 Å². The van der Waals surface area contributed by atoms with Crippen molar-refractivity contribution in [3.63, 3.8) is 0 Å². The number of rotatable bonds is 7. The molecule has 0 aliphatic heterocycles. The van der Waals surface area contributed by atoms with Gasteiger partial charge in [-0.3, -0.25) is 9.59 Å². The molecule has 0 saturated carbocycles. The smallest absolute Gasteiger partial charge is 0.307 e. The fraction of sp³-hybridized carbons (Fsp3) is 0.500. The normalized spacial score (nSPS) is 10.1.